The average Bonchev–Trinajstić information content (AvgIpc) is 0.840. The molecule has 0 N–H and O–H groups in total. The van der Waals surface area contributed by atoms with Gasteiger partial charge in [0, 0.05) is 117 Å². The summed E-state index contributed by atoms with van der Waals surface area (Å²) >= 11 is 0. The van der Waals surface area contributed by atoms with Crippen LogP contribution < -0.4 is 0 Å². The highest BCUT2D eigenvalue weighted by Gasteiger charge is 2.09. The maximum absolute atomic E-state index is 4.40. The number of nitrogens with zero attached hydrogens (tertiary/aromatic N) is 8. The number of para-hydroxylation sites is 1. The van der Waals surface area contributed by atoms with Crippen LogP contribution in [0.1, 0.15) is 203 Å². The molecule has 0 spiro atoms. The Hall–Kier alpha value is -11.0. The van der Waals surface area contributed by atoms with Crippen molar-refractivity contribution in [3.63, 3.8) is 0 Å². The van der Waals surface area contributed by atoms with Crippen LogP contribution in [0, 0.1) is 0 Å². The molecule has 0 amide bonds. The summed E-state index contributed by atoms with van der Waals surface area (Å²) in [4.78, 5) is 33.8. The molecule has 0 fully saturated rings. The summed E-state index contributed by atoms with van der Waals surface area (Å²) in [5.74, 6) is 4.59. The summed E-state index contributed by atoms with van der Waals surface area (Å²) in [5, 5.41) is 15.1. The van der Waals surface area contributed by atoms with Crippen molar-refractivity contribution in [2.75, 3.05) is 0 Å². The third-order valence-corrected chi connectivity index (χ3v) is 18.5. The van der Waals surface area contributed by atoms with Gasteiger partial charge in [-0.2, -0.15) is 0 Å². The van der Waals surface area contributed by atoms with Crippen LogP contribution in [0.4, 0.5) is 0 Å². The molecular weight excluding hydrogens is 1270 g/mol. The van der Waals surface area contributed by atoms with E-state index < -0.39 is 0 Å². The minimum Gasteiger partial charge on any atom is -0.264 e. The van der Waals surface area contributed by atoms with Crippen LogP contribution in [0.3, 0.4) is 0 Å². The Bertz CT molecular complexity index is 4630. The zero-order chi connectivity index (χ0) is 74.1. The first-order valence-electron chi connectivity index (χ1n) is 36.9. The van der Waals surface area contributed by atoms with E-state index in [1.165, 1.54) is 109 Å². The highest BCUT2D eigenvalue weighted by molar-refractivity contribution is 5.88. The molecule has 16 aromatic rings. The highest BCUT2D eigenvalue weighted by atomic mass is 14.7. The fourth-order valence-electron chi connectivity index (χ4n) is 12.3. The zero-order valence-corrected chi connectivity index (χ0v) is 63.9. The molecule has 0 aliphatic rings. The molecule has 16 rings (SSSR count). The lowest BCUT2D eigenvalue weighted by atomic mass is 9.97. The van der Waals surface area contributed by atoms with Crippen molar-refractivity contribution in [2.45, 2.75) is 158 Å². The van der Waals surface area contributed by atoms with Crippen molar-refractivity contribution in [1.82, 2.24) is 39.9 Å². The Balaban J connectivity index is 0.000000138. The molecule has 8 aromatic carbocycles. The summed E-state index contributed by atoms with van der Waals surface area (Å²) < 4.78 is 0. The topological polar surface area (TPSA) is 103 Å². The number of aromatic nitrogens is 8. The van der Waals surface area contributed by atoms with Crippen LogP contribution >= 0.6 is 0 Å². The van der Waals surface area contributed by atoms with Crippen molar-refractivity contribution in [3.05, 3.63) is 337 Å². The third-order valence-electron chi connectivity index (χ3n) is 18.5. The minimum atomic E-state index is 0.540. The summed E-state index contributed by atoms with van der Waals surface area (Å²) in [6.45, 7) is 35.3. The number of hydrogen-bond donors (Lipinski definition) is 0. The lowest BCUT2D eigenvalue weighted by Crippen LogP contribution is -1.90. The Kier molecular flexibility index (Phi) is 28.5. The first-order valence-corrected chi connectivity index (χ1v) is 36.9. The second kappa shape index (κ2) is 38.3. The van der Waals surface area contributed by atoms with Gasteiger partial charge >= 0.3 is 0 Å². The second-order valence-electron chi connectivity index (χ2n) is 28.8. The largest absolute Gasteiger partial charge is 0.264 e. The van der Waals surface area contributed by atoms with Crippen LogP contribution in [-0.2, 0) is 0 Å². The van der Waals surface area contributed by atoms with E-state index in [0.717, 1.165) is 22.1 Å². The molecule has 0 unspecified atom stereocenters. The van der Waals surface area contributed by atoms with E-state index in [0.29, 0.717) is 47.3 Å². The first kappa shape index (κ1) is 77.2. The van der Waals surface area contributed by atoms with E-state index in [-0.39, 0.29) is 0 Å². The average molecular weight is 1370 g/mol. The highest BCUT2D eigenvalue weighted by Crippen LogP contribution is 2.29. The molecule has 8 nitrogen and oxygen atoms in total. The summed E-state index contributed by atoms with van der Waals surface area (Å²) in [5.41, 5.74) is 15.4. The van der Waals surface area contributed by atoms with Gasteiger partial charge in [0.15, 0.2) is 0 Å². The van der Waals surface area contributed by atoms with E-state index in [2.05, 4.69) is 339 Å². The minimum absolute atomic E-state index is 0.540. The molecule has 528 valence electrons. The molecule has 0 aliphatic heterocycles. The molecule has 0 radical (unpaired) electrons. The predicted octanol–water partition coefficient (Wildman–Crippen LogP) is 26.9. The lowest BCUT2D eigenvalue weighted by molar-refractivity contribution is 0.868. The summed E-state index contributed by atoms with van der Waals surface area (Å²) in [7, 11) is 0. The molecular formula is C96H104N8. The third kappa shape index (κ3) is 21.6. The Labute approximate surface area is 618 Å². The van der Waals surface area contributed by atoms with Crippen molar-refractivity contribution < 1.29 is 0 Å². The van der Waals surface area contributed by atoms with Crippen LogP contribution in [-0.4, -0.2) is 39.9 Å². The molecule has 0 aliphatic carbocycles. The number of fused-ring (bicyclic) bond motifs is 8. The summed E-state index contributed by atoms with van der Waals surface area (Å²) in [6, 6.07) is 76.1. The quantitative estimate of drug-likeness (QED) is 0.148. The standard InChI is InChI=1S/8C12H13N/c1-9(2)10-5-3-7-12-11(10)6-4-8-13-12;1-9(2)11-7-3-5-10-6-4-8-13-12(10)11;1-9(2)10-3-4-12-8-13-6-5-11(12)7-10;1-9(2)11-4-3-10-5-6-13-8-12(10)7-11;1-9(2)10-5-6-12-11(8-10)4-3-7-13-12;1-9(2)11-6-5-10-4-3-7-13-12(10)8-11;1-9(2)11-5-3-4-10-8-13-7-6-12(10)11;1-9(2)11-5-3-4-10-6-7-13-8-12(10)11/h8*3-9H,1-2H3. The van der Waals surface area contributed by atoms with Gasteiger partial charge in [-0.1, -0.05) is 250 Å². The fourth-order valence-corrected chi connectivity index (χ4v) is 12.3. The maximum atomic E-state index is 4.40. The molecule has 8 aromatic heterocycles. The summed E-state index contributed by atoms with van der Waals surface area (Å²) in [6.07, 6.45) is 22.4. The lowest BCUT2D eigenvalue weighted by Gasteiger charge is -2.08. The van der Waals surface area contributed by atoms with Gasteiger partial charge in [0.2, 0.25) is 0 Å². The van der Waals surface area contributed by atoms with Gasteiger partial charge in [-0.05, 0) is 192 Å². The molecule has 0 atom stereocenters. The van der Waals surface area contributed by atoms with E-state index in [1.54, 1.807) is 0 Å². The fraction of sp³-hybridized carbons (Fsp3) is 0.250. The van der Waals surface area contributed by atoms with Crippen molar-refractivity contribution in [2.24, 2.45) is 0 Å². The molecule has 104 heavy (non-hydrogen) atoms. The van der Waals surface area contributed by atoms with Gasteiger partial charge in [-0.3, -0.25) is 39.9 Å². The molecule has 0 bridgehead atoms. The van der Waals surface area contributed by atoms with Gasteiger partial charge in [0.05, 0.1) is 22.1 Å². The van der Waals surface area contributed by atoms with E-state index in [4.69, 9.17) is 0 Å². The van der Waals surface area contributed by atoms with Crippen molar-refractivity contribution in [1.29, 1.82) is 0 Å². The van der Waals surface area contributed by atoms with Crippen LogP contribution in [0.25, 0.3) is 86.7 Å². The Morgan fingerprint density at radius 1 is 0.192 bits per heavy atom. The Morgan fingerprint density at radius 2 is 0.587 bits per heavy atom. The molecule has 8 heterocycles. The predicted molar refractivity (Wildman–Crippen MR) is 447 cm³/mol. The van der Waals surface area contributed by atoms with Crippen molar-refractivity contribution >= 4 is 86.7 Å². The maximum Gasteiger partial charge on any atom is 0.0736 e. The number of hydrogen-bond acceptors (Lipinski definition) is 8. The molecule has 8 heteroatoms. The van der Waals surface area contributed by atoms with E-state index in [1.807, 2.05) is 105 Å². The van der Waals surface area contributed by atoms with Crippen LogP contribution in [0.2, 0.25) is 0 Å². The van der Waals surface area contributed by atoms with E-state index in [9.17, 15) is 0 Å². The SMILES string of the molecule is CC(C)c1ccc2cccnc2c1.CC(C)c1ccc2ccncc2c1.CC(C)c1ccc2cnccc2c1.CC(C)c1ccc2ncccc2c1.CC(C)c1cccc2cccnc12.CC(C)c1cccc2ccncc12.CC(C)c1cccc2cnccc12.CC(C)c1cccc2ncccc12. The van der Waals surface area contributed by atoms with Gasteiger partial charge < -0.3 is 0 Å². The molecule has 0 saturated heterocycles. The second-order valence-corrected chi connectivity index (χ2v) is 28.8. The normalized spacial score (nSPS) is 11.0. The number of rotatable bonds is 8. The first-order chi connectivity index (χ1) is 50.2. The number of pyridine rings is 8. The monoisotopic (exact) mass is 1370 g/mol. The van der Waals surface area contributed by atoms with Crippen molar-refractivity contribution in [3.8, 4) is 0 Å². The van der Waals surface area contributed by atoms with Crippen LogP contribution in [0.5, 0.6) is 0 Å². The Morgan fingerprint density at radius 3 is 1.20 bits per heavy atom. The smallest absolute Gasteiger partial charge is 0.0736 e. The van der Waals surface area contributed by atoms with Gasteiger partial charge in [-0.15, -0.1) is 0 Å². The van der Waals surface area contributed by atoms with Gasteiger partial charge in [0.25, 0.3) is 0 Å². The van der Waals surface area contributed by atoms with E-state index >= 15 is 0 Å². The van der Waals surface area contributed by atoms with Crippen LogP contribution in [0.15, 0.2) is 293 Å². The molecule has 0 saturated carbocycles. The zero-order valence-electron chi connectivity index (χ0n) is 63.9. The number of benzene rings is 8. The van der Waals surface area contributed by atoms with Gasteiger partial charge in [0.1, 0.15) is 0 Å². The van der Waals surface area contributed by atoms with Gasteiger partial charge in [-0.25, -0.2) is 0 Å².